The molecule has 0 aliphatic heterocycles. The van der Waals surface area contributed by atoms with Gasteiger partial charge in [-0.3, -0.25) is 9.78 Å². The Labute approximate surface area is 148 Å². The summed E-state index contributed by atoms with van der Waals surface area (Å²) in [6, 6.07) is 9.07. The predicted molar refractivity (Wildman–Crippen MR) is 95.1 cm³/mol. The van der Waals surface area contributed by atoms with Gasteiger partial charge in [0.2, 0.25) is 0 Å². The zero-order valence-electron chi connectivity index (χ0n) is 13.8. The molecule has 128 valence electrons. The van der Waals surface area contributed by atoms with Crippen molar-refractivity contribution in [3.63, 3.8) is 0 Å². The molecule has 0 bridgehead atoms. The molecule has 1 amide bonds. The molecule has 0 spiro atoms. The number of nitrogens with one attached hydrogen (secondary N) is 2. The third-order valence-corrected chi connectivity index (χ3v) is 3.68. The Balaban J connectivity index is 1.55. The van der Waals surface area contributed by atoms with Crippen molar-refractivity contribution in [1.82, 2.24) is 24.9 Å². The van der Waals surface area contributed by atoms with E-state index >= 15 is 0 Å². The summed E-state index contributed by atoms with van der Waals surface area (Å²) in [5, 5.41) is 2.79. The SMILES string of the molecule is Cc1ccc(NC(=O)c2cnc3cc[nH]c3n2)cc1Oc1ncccn1. The smallest absolute Gasteiger partial charge is 0.321 e. The van der Waals surface area contributed by atoms with Gasteiger partial charge >= 0.3 is 6.01 Å². The summed E-state index contributed by atoms with van der Waals surface area (Å²) in [7, 11) is 0. The minimum absolute atomic E-state index is 0.217. The number of carbonyl (C=O) groups is 1. The second kappa shape index (κ2) is 6.60. The molecule has 4 aromatic rings. The van der Waals surface area contributed by atoms with E-state index in [0.717, 1.165) is 5.56 Å². The number of anilines is 1. The lowest BCUT2D eigenvalue weighted by Gasteiger charge is -2.10. The fourth-order valence-corrected chi connectivity index (χ4v) is 2.35. The second-order valence-corrected chi connectivity index (χ2v) is 5.53. The maximum absolute atomic E-state index is 12.4. The highest BCUT2D eigenvalue weighted by molar-refractivity contribution is 6.03. The van der Waals surface area contributed by atoms with E-state index in [-0.39, 0.29) is 17.6 Å². The molecule has 0 saturated heterocycles. The van der Waals surface area contributed by atoms with Gasteiger partial charge in [-0.1, -0.05) is 6.07 Å². The van der Waals surface area contributed by atoms with Gasteiger partial charge in [-0.2, -0.15) is 0 Å². The summed E-state index contributed by atoms with van der Waals surface area (Å²) in [6.07, 6.45) is 6.36. The number of rotatable bonds is 4. The van der Waals surface area contributed by atoms with Crippen molar-refractivity contribution in [1.29, 1.82) is 0 Å². The lowest BCUT2D eigenvalue weighted by atomic mass is 10.2. The topological polar surface area (TPSA) is 106 Å². The largest absolute Gasteiger partial charge is 0.424 e. The van der Waals surface area contributed by atoms with Gasteiger partial charge in [-0.25, -0.2) is 15.0 Å². The first-order valence-electron chi connectivity index (χ1n) is 7.86. The molecule has 0 unspecified atom stereocenters. The lowest BCUT2D eigenvalue weighted by molar-refractivity contribution is 0.102. The van der Waals surface area contributed by atoms with E-state index in [1.54, 1.807) is 42.9 Å². The molecular weight excluding hydrogens is 332 g/mol. The number of nitrogens with zero attached hydrogens (tertiary/aromatic N) is 4. The van der Waals surface area contributed by atoms with Crippen molar-refractivity contribution in [3.05, 3.63) is 66.4 Å². The summed E-state index contributed by atoms with van der Waals surface area (Å²) in [6.45, 7) is 1.90. The summed E-state index contributed by atoms with van der Waals surface area (Å²) in [5.41, 5.74) is 2.94. The quantitative estimate of drug-likeness (QED) is 0.588. The van der Waals surface area contributed by atoms with Crippen LogP contribution in [0.3, 0.4) is 0 Å². The van der Waals surface area contributed by atoms with Gasteiger partial charge in [0.15, 0.2) is 5.65 Å². The number of fused-ring (bicyclic) bond motifs is 1. The Hall–Kier alpha value is -3.81. The minimum Gasteiger partial charge on any atom is -0.424 e. The number of H-pyrrole nitrogens is 1. The number of ether oxygens (including phenoxy) is 1. The number of aromatic amines is 1. The van der Waals surface area contributed by atoms with E-state index in [4.69, 9.17) is 4.74 Å². The van der Waals surface area contributed by atoms with E-state index in [1.807, 2.05) is 13.0 Å². The molecule has 0 radical (unpaired) electrons. The van der Waals surface area contributed by atoms with Crippen LogP contribution >= 0.6 is 0 Å². The molecule has 1 aromatic carbocycles. The Morgan fingerprint density at radius 1 is 1.15 bits per heavy atom. The standard InChI is InChI=1S/C18H14N6O2/c1-11-3-4-12(9-15(11)26-18-20-6-2-7-21-18)23-17(25)14-10-22-13-5-8-19-16(13)24-14/h2-10H,1H3,(H,19,24)(H,23,25). The average Bonchev–Trinajstić information content (AvgIpc) is 3.13. The monoisotopic (exact) mass is 346 g/mol. The lowest BCUT2D eigenvalue weighted by Crippen LogP contribution is -2.14. The van der Waals surface area contributed by atoms with Gasteiger partial charge in [-0.05, 0) is 30.7 Å². The van der Waals surface area contributed by atoms with Crippen molar-refractivity contribution in [3.8, 4) is 11.8 Å². The molecule has 8 heteroatoms. The molecule has 0 aliphatic carbocycles. The zero-order chi connectivity index (χ0) is 17.9. The predicted octanol–water partition coefficient (Wildman–Crippen LogP) is 3.10. The number of aromatic nitrogens is 5. The van der Waals surface area contributed by atoms with E-state index < -0.39 is 0 Å². The highest BCUT2D eigenvalue weighted by Crippen LogP contribution is 2.26. The molecule has 0 atom stereocenters. The second-order valence-electron chi connectivity index (χ2n) is 5.53. The van der Waals surface area contributed by atoms with Gasteiger partial charge in [0, 0.05) is 30.3 Å². The molecule has 2 N–H and O–H groups in total. The Morgan fingerprint density at radius 3 is 2.85 bits per heavy atom. The highest BCUT2D eigenvalue weighted by atomic mass is 16.5. The summed E-state index contributed by atoms with van der Waals surface area (Å²) >= 11 is 0. The summed E-state index contributed by atoms with van der Waals surface area (Å²) in [5.74, 6) is 0.194. The van der Waals surface area contributed by atoms with Crippen LogP contribution in [-0.2, 0) is 0 Å². The third kappa shape index (κ3) is 3.20. The molecule has 3 heterocycles. The van der Waals surface area contributed by atoms with Crippen LogP contribution in [-0.4, -0.2) is 30.8 Å². The Bertz CT molecular complexity index is 1080. The molecule has 0 aliphatic rings. The van der Waals surface area contributed by atoms with Crippen molar-refractivity contribution in [2.45, 2.75) is 6.92 Å². The van der Waals surface area contributed by atoms with E-state index in [2.05, 4.69) is 30.2 Å². The van der Waals surface area contributed by atoms with Crippen LogP contribution in [0.25, 0.3) is 11.2 Å². The number of amides is 1. The van der Waals surface area contributed by atoms with Gasteiger partial charge < -0.3 is 15.0 Å². The van der Waals surface area contributed by atoms with Crippen LogP contribution in [0, 0.1) is 6.92 Å². The fourth-order valence-electron chi connectivity index (χ4n) is 2.35. The molecule has 3 aromatic heterocycles. The van der Waals surface area contributed by atoms with Crippen LogP contribution in [0.1, 0.15) is 16.1 Å². The number of benzene rings is 1. The number of hydrogen-bond acceptors (Lipinski definition) is 6. The first kappa shape index (κ1) is 15.7. The fraction of sp³-hybridized carbons (Fsp3) is 0.0556. The molecule has 26 heavy (non-hydrogen) atoms. The average molecular weight is 346 g/mol. The van der Waals surface area contributed by atoms with Crippen LogP contribution in [0.2, 0.25) is 0 Å². The minimum atomic E-state index is -0.361. The van der Waals surface area contributed by atoms with Gasteiger partial charge in [-0.15, -0.1) is 0 Å². The molecule has 0 saturated carbocycles. The zero-order valence-corrected chi connectivity index (χ0v) is 13.8. The summed E-state index contributed by atoms with van der Waals surface area (Å²) in [4.78, 5) is 31.9. The Morgan fingerprint density at radius 2 is 2.00 bits per heavy atom. The highest BCUT2D eigenvalue weighted by Gasteiger charge is 2.12. The van der Waals surface area contributed by atoms with Crippen LogP contribution in [0.15, 0.2) is 55.1 Å². The number of aryl methyl sites for hydroxylation is 1. The number of carbonyl (C=O) groups excluding carboxylic acids is 1. The van der Waals surface area contributed by atoms with Gasteiger partial charge in [0.05, 0.1) is 6.20 Å². The van der Waals surface area contributed by atoms with Gasteiger partial charge in [0.25, 0.3) is 5.91 Å². The third-order valence-electron chi connectivity index (χ3n) is 3.68. The van der Waals surface area contributed by atoms with Crippen molar-refractivity contribution >= 4 is 22.8 Å². The summed E-state index contributed by atoms with van der Waals surface area (Å²) < 4.78 is 5.68. The van der Waals surface area contributed by atoms with E-state index in [1.165, 1.54) is 6.20 Å². The Kier molecular flexibility index (Phi) is 3.98. The van der Waals surface area contributed by atoms with Crippen LogP contribution in [0.4, 0.5) is 5.69 Å². The maximum Gasteiger partial charge on any atom is 0.321 e. The van der Waals surface area contributed by atoms with Gasteiger partial charge in [0.1, 0.15) is 17.0 Å². The molecule has 8 nitrogen and oxygen atoms in total. The van der Waals surface area contributed by atoms with Crippen molar-refractivity contribution in [2.75, 3.05) is 5.32 Å². The first-order chi connectivity index (χ1) is 12.7. The van der Waals surface area contributed by atoms with E-state index in [0.29, 0.717) is 22.6 Å². The van der Waals surface area contributed by atoms with E-state index in [9.17, 15) is 4.79 Å². The number of hydrogen-bond donors (Lipinski definition) is 2. The molecule has 0 fully saturated rings. The van der Waals surface area contributed by atoms with Crippen LogP contribution < -0.4 is 10.1 Å². The molecule has 4 rings (SSSR count). The van der Waals surface area contributed by atoms with Crippen molar-refractivity contribution < 1.29 is 9.53 Å². The van der Waals surface area contributed by atoms with Crippen molar-refractivity contribution in [2.24, 2.45) is 0 Å². The van der Waals surface area contributed by atoms with Crippen LogP contribution in [0.5, 0.6) is 11.8 Å². The maximum atomic E-state index is 12.4. The molecular formula is C18H14N6O2. The normalized spacial score (nSPS) is 10.7. The first-order valence-corrected chi connectivity index (χ1v) is 7.86.